The van der Waals surface area contributed by atoms with Gasteiger partial charge >= 0.3 is 0 Å². The molecule has 0 bridgehead atoms. The van der Waals surface area contributed by atoms with Crippen LogP contribution in [0.5, 0.6) is 0 Å². The Morgan fingerprint density at radius 3 is 1.81 bits per heavy atom. The maximum Gasteiger partial charge on any atom is 0.0178 e. The molecule has 27 heavy (non-hydrogen) atoms. The van der Waals surface area contributed by atoms with E-state index in [1.54, 1.807) is 0 Å². The first-order valence-electron chi connectivity index (χ1n) is 9.04. The summed E-state index contributed by atoms with van der Waals surface area (Å²) in [5, 5.41) is 4.21. The van der Waals surface area contributed by atoms with Crippen LogP contribution in [0.3, 0.4) is 0 Å². The Kier molecular flexibility index (Phi) is 5.82. The molecular weight excluding hydrogens is 411 g/mol. The number of hydrogen-bond donors (Lipinski definition) is 0. The Bertz CT molecular complexity index is 973. The molecule has 0 aliphatic heterocycles. The van der Waals surface area contributed by atoms with Crippen LogP contribution in [0, 0.1) is 0 Å². The summed E-state index contributed by atoms with van der Waals surface area (Å²) in [5.74, 6) is 0. The molecule has 0 aliphatic carbocycles. The normalized spacial score (nSPS) is 10.9. The van der Waals surface area contributed by atoms with Crippen LogP contribution >= 0.6 is 23.9 Å². The van der Waals surface area contributed by atoms with E-state index in [1.165, 1.54) is 27.0 Å². The van der Waals surface area contributed by atoms with Crippen LogP contribution in [0.2, 0.25) is 0 Å². The lowest BCUT2D eigenvalue weighted by Crippen LogP contribution is -2.23. The predicted octanol–water partition coefficient (Wildman–Crippen LogP) is 5.80. The van der Waals surface area contributed by atoms with E-state index < -0.39 is 7.92 Å². The summed E-state index contributed by atoms with van der Waals surface area (Å²) in [6.45, 7) is 0. The molecule has 0 heterocycles. The van der Waals surface area contributed by atoms with E-state index in [4.69, 9.17) is 0 Å². The SMILES string of the molecule is Brc1cccc(Cc2ccccc2P(c2ccccc2)c2ccccc2)c1. The van der Waals surface area contributed by atoms with Crippen molar-refractivity contribution in [1.82, 2.24) is 0 Å². The zero-order valence-corrected chi connectivity index (χ0v) is 17.4. The maximum absolute atomic E-state index is 3.60. The van der Waals surface area contributed by atoms with Crippen LogP contribution in [0.1, 0.15) is 11.1 Å². The van der Waals surface area contributed by atoms with Crippen LogP contribution in [0.4, 0.5) is 0 Å². The third-order valence-electron chi connectivity index (χ3n) is 4.54. The Hall–Kier alpha value is -2.21. The molecule has 0 radical (unpaired) electrons. The summed E-state index contributed by atoms with van der Waals surface area (Å²) in [5.41, 5.74) is 2.72. The lowest BCUT2D eigenvalue weighted by atomic mass is 10.1. The van der Waals surface area contributed by atoms with E-state index in [1.807, 2.05) is 0 Å². The van der Waals surface area contributed by atoms with Gasteiger partial charge in [-0.1, -0.05) is 113 Å². The molecule has 0 saturated carbocycles. The maximum atomic E-state index is 3.60. The van der Waals surface area contributed by atoms with Crippen molar-refractivity contribution in [2.75, 3.05) is 0 Å². The topological polar surface area (TPSA) is 0 Å². The average Bonchev–Trinajstić information content (AvgIpc) is 2.71. The van der Waals surface area contributed by atoms with Gasteiger partial charge in [-0.15, -0.1) is 0 Å². The highest BCUT2D eigenvalue weighted by Gasteiger charge is 2.19. The van der Waals surface area contributed by atoms with Crippen molar-refractivity contribution in [3.8, 4) is 0 Å². The summed E-state index contributed by atoms with van der Waals surface area (Å²) >= 11 is 3.60. The Morgan fingerprint density at radius 2 is 1.19 bits per heavy atom. The van der Waals surface area contributed by atoms with Crippen molar-refractivity contribution < 1.29 is 0 Å². The minimum absolute atomic E-state index is 0.582. The highest BCUT2D eigenvalue weighted by Crippen LogP contribution is 2.34. The second-order valence-electron chi connectivity index (χ2n) is 6.44. The smallest absolute Gasteiger partial charge is 0.0178 e. The molecular formula is C25H20BrP. The van der Waals surface area contributed by atoms with Crippen molar-refractivity contribution in [3.63, 3.8) is 0 Å². The predicted molar refractivity (Wildman–Crippen MR) is 122 cm³/mol. The molecule has 4 rings (SSSR count). The van der Waals surface area contributed by atoms with Gasteiger partial charge in [0, 0.05) is 4.47 Å². The molecule has 4 aromatic carbocycles. The first-order chi connectivity index (χ1) is 13.3. The van der Waals surface area contributed by atoms with E-state index in [-0.39, 0.29) is 0 Å². The molecule has 0 N–H and O–H groups in total. The Labute approximate surface area is 170 Å². The van der Waals surface area contributed by atoms with Gasteiger partial charge in [-0.3, -0.25) is 0 Å². The highest BCUT2D eigenvalue weighted by atomic mass is 79.9. The fourth-order valence-corrected chi connectivity index (χ4v) is 6.24. The number of halogens is 1. The van der Waals surface area contributed by atoms with Crippen molar-refractivity contribution >= 4 is 39.8 Å². The van der Waals surface area contributed by atoms with Gasteiger partial charge in [0.1, 0.15) is 0 Å². The number of hydrogen-bond acceptors (Lipinski definition) is 0. The van der Waals surface area contributed by atoms with E-state index in [2.05, 4.69) is 125 Å². The number of rotatable bonds is 5. The second kappa shape index (κ2) is 8.65. The third kappa shape index (κ3) is 4.38. The molecule has 0 aliphatic rings. The molecule has 0 aromatic heterocycles. The summed E-state index contributed by atoms with van der Waals surface area (Å²) in [7, 11) is -0.582. The third-order valence-corrected chi connectivity index (χ3v) is 7.59. The quantitative estimate of drug-likeness (QED) is 0.351. The van der Waals surface area contributed by atoms with Crippen LogP contribution in [-0.2, 0) is 6.42 Å². The molecule has 2 heteroatoms. The lowest BCUT2D eigenvalue weighted by Gasteiger charge is -2.22. The largest absolute Gasteiger partial charge is 0.0622 e. The fourth-order valence-electron chi connectivity index (χ4n) is 3.33. The summed E-state index contributed by atoms with van der Waals surface area (Å²) in [6.07, 6.45) is 0.939. The monoisotopic (exact) mass is 430 g/mol. The van der Waals surface area contributed by atoms with Crippen LogP contribution in [0.25, 0.3) is 0 Å². The minimum atomic E-state index is -0.582. The van der Waals surface area contributed by atoms with Gasteiger partial charge in [-0.05, 0) is 53.5 Å². The first kappa shape index (κ1) is 18.2. The van der Waals surface area contributed by atoms with Crippen LogP contribution in [0.15, 0.2) is 114 Å². The van der Waals surface area contributed by atoms with Gasteiger partial charge in [0.05, 0.1) is 0 Å². The van der Waals surface area contributed by atoms with E-state index in [0.717, 1.165) is 10.9 Å². The van der Waals surface area contributed by atoms with Crippen molar-refractivity contribution in [3.05, 3.63) is 125 Å². The van der Waals surface area contributed by atoms with Gasteiger partial charge in [-0.25, -0.2) is 0 Å². The summed E-state index contributed by atoms with van der Waals surface area (Å²) in [6, 6.07) is 39.3. The molecule has 0 fully saturated rings. The molecule has 0 amide bonds. The van der Waals surface area contributed by atoms with Gasteiger partial charge in [0.25, 0.3) is 0 Å². The van der Waals surface area contributed by atoms with Gasteiger partial charge < -0.3 is 0 Å². The standard InChI is InChI=1S/C25H20BrP/c26-22-12-9-10-20(19-22)18-21-11-7-8-17-25(21)27(23-13-3-1-4-14-23)24-15-5-2-6-16-24/h1-17,19H,18H2. The average molecular weight is 431 g/mol. The zero-order valence-electron chi connectivity index (χ0n) is 14.9. The van der Waals surface area contributed by atoms with Crippen molar-refractivity contribution in [2.45, 2.75) is 6.42 Å². The van der Waals surface area contributed by atoms with Gasteiger partial charge in [-0.2, -0.15) is 0 Å². The molecule has 0 spiro atoms. The summed E-state index contributed by atoms with van der Waals surface area (Å²) in [4.78, 5) is 0. The second-order valence-corrected chi connectivity index (χ2v) is 9.54. The molecule has 0 atom stereocenters. The van der Waals surface area contributed by atoms with Crippen LogP contribution < -0.4 is 15.9 Å². The molecule has 132 valence electrons. The van der Waals surface area contributed by atoms with E-state index in [0.29, 0.717) is 0 Å². The zero-order chi connectivity index (χ0) is 18.5. The van der Waals surface area contributed by atoms with Gasteiger partial charge in [0.2, 0.25) is 0 Å². The minimum Gasteiger partial charge on any atom is -0.0622 e. The Morgan fingerprint density at radius 1 is 0.593 bits per heavy atom. The molecule has 0 nitrogen and oxygen atoms in total. The number of benzene rings is 4. The lowest BCUT2D eigenvalue weighted by molar-refractivity contribution is 1.20. The van der Waals surface area contributed by atoms with Crippen molar-refractivity contribution in [2.24, 2.45) is 0 Å². The van der Waals surface area contributed by atoms with E-state index in [9.17, 15) is 0 Å². The highest BCUT2D eigenvalue weighted by molar-refractivity contribution is 9.10. The molecule has 0 unspecified atom stereocenters. The van der Waals surface area contributed by atoms with E-state index >= 15 is 0 Å². The van der Waals surface area contributed by atoms with Crippen molar-refractivity contribution in [1.29, 1.82) is 0 Å². The van der Waals surface area contributed by atoms with Crippen LogP contribution in [-0.4, -0.2) is 0 Å². The first-order valence-corrected chi connectivity index (χ1v) is 11.2. The molecule has 4 aromatic rings. The molecule has 0 saturated heterocycles. The fraction of sp³-hybridized carbons (Fsp3) is 0.0400. The Balaban J connectivity index is 1.81. The summed E-state index contributed by atoms with van der Waals surface area (Å²) < 4.78 is 1.13. The van der Waals surface area contributed by atoms with Gasteiger partial charge in [0.15, 0.2) is 0 Å².